The number of hydrogen-bond acceptors (Lipinski definition) is 4. The summed E-state index contributed by atoms with van der Waals surface area (Å²) in [5.74, 6) is 0. The van der Waals surface area contributed by atoms with E-state index in [9.17, 15) is 4.79 Å². The molecular weight excluding hydrogens is 314 g/mol. The molecule has 0 aliphatic carbocycles. The molecule has 0 aliphatic rings. The molecule has 2 rings (SSSR count). The Bertz CT molecular complexity index is 711. The number of carbonyl (C=O) groups is 1. The number of nitrogens with one attached hydrogen (secondary N) is 1. The Kier molecular flexibility index (Phi) is 5.11. The smallest absolute Gasteiger partial charge is 0.407 e. The highest BCUT2D eigenvalue weighted by Crippen LogP contribution is 2.25. The summed E-state index contributed by atoms with van der Waals surface area (Å²) in [6.45, 7) is 5.73. The highest BCUT2D eigenvalue weighted by Gasteiger charge is 2.15. The highest BCUT2D eigenvalue weighted by molar-refractivity contribution is 6.33. The quantitative estimate of drug-likeness (QED) is 0.832. The van der Waals surface area contributed by atoms with Gasteiger partial charge in [-0.1, -0.05) is 23.7 Å². The molecule has 2 aromatic rings. The second-order valence-electron chi connectivity index (χ2n) is 6.11. The van der Waals surface area contributed by atoms with Crippen molar-refractivity contribution in [1.29, 1.82) is 0 Å². The minimum Gasteiger partial charge on any atom is -0.444 e. The number of halogens is 1. The van der Waals surface area contributed by atoms with Crippen LogP contribution in [0, 0.1) is 0 Å². The van der Waals surface area contributed by atoms with Gasteiger partial charge in [0.25, 0.3) is 0 Å². The number of nitrogens with two attached hydrogens (primary N) is 1. The Hall–Kier alpha value is -2.27. The zero-order valence-electron chi connectivity index (χ0n) is 13.4. The Morgan fingerprint density at radius 2 is 2.04 bits per heavy atom. The number of hydrogen-bond donors (Lipinski definition) is 2. The number of benzene rings is 1. The molecule has 0 aliphatic heterocycles. The number of anilines is 1. The van der Waals surface area contributed by atoms with E-state index < -0.39 is 11.7 Å². The van der Waals surface area contributed by atoms with Crippen LogP contribution in [0.1, 0.15) is 26.5 Å². The SMILES string of the molecule is CC(C)(C)OC(=O)NCc1cccc(-c2ccc(Cl)c(N)c2)n1. The van der Waals surface area contributed by atoms with Gasteiger partial charge in [0.05, 0.1) is 28.6 Å². The fraction of sp³-hybridized carbons (Fsp3) is 0.294. The van der Waals surface area contributed by atoms with Gasteiger partial charge >= 0.3 is 6.09 Å². The van der Waals surface area contributed by atoms with Gasteiger partial charge in [0, 0.05) is 5.56 Å². The van der Waals surface area contributed by atoms with Gasteiger partial charge < -0.3 is 15.8 Å². The fourth-order valence-corrected chi connectivity index (χ4v) is 2.04. The van der Waals surface area contributed by atoms with Gasteiger partial charge in [-0.15, -0.1) is 0 Å². The summed E-state index contributed by atoms with van der Waals surface area (Å²) >= 11 is 5.93. The topological polar surface area (TPSA) is 77.2 Å². The molecular formula is C17H20ClN3O2. The normalized spacial score (nSPS) is 11.1. The number of pyridine rings is 1. The maximum Gasteiger partial charge on any atom is 0.407 e. The van der Waals surface area contributed by atoms with E-state index in [1.807, 2.05) is 45.0 Å². The number of nitrogens with zero attached hydrogens (tertiary/aromatic N) is 1. The molecule has 1 aromatic carbocycles. The Balaban J connectivity index is 2.08. The van der Waals surface area contributed by atoms with Crippen LogP contribution in [-0.4, -0.2) is 16.7 Å². The Morgan fingerprint density at radius 1 is 1.30 bits per heavy atom. The fourth-order valence-electron chi connectivity index (χ4n) is 1.92. The second-order valence-corrected chi connectivity index (χ2v) is 6.51. The summed E-state index contributed by atoms with van der Waals surface area (Å²) in [6.07, 6.45) is -0.472. The summed E-state index contributed by atoms with van der Waals surface area (Å²) in [6, 6.07) is 10.9. The third-order valence-corrected chi connectivity index (χ3v) is 3.26. The summed E-state index contributed by atoms with van der Waals surface area (Å²) in [5, 5.41) is 3.20. The van der Waals surface area contributed by atoms with Gasteiger partial charge in [0.1, 0.15) is 5.60 Å². The van der Waals surface area contributed by atoms with Crippen molar-refractivity contribution in [1.82, 2.24) is 10.3 Å². The molecule has 122 valence electrons. The first kappa shape index (κ1) is 17.1. The molecule has 3 N–H and O–H groups in total. The van der Waals surface area contributed by atoms with Gasteiger partial charge in [0.2, 0.25) is 0 Å². The van der Waals surface area contributed by atoms with Gasteiger partial charge in [0.15, 0.2) is 0 Å². The predicted molar refractivity (Wildman–Crippen MR) is 92.2 cm³/mol. The zero-order chi connectivity index (χ0) is 17.0. The molecule has 0 unspecified atom stereocenters. The van der Waals surface area contributed by atoms with Crippen molar-refractivity contribution in [2.24, 2.45) is 0 Å². The molecule has 0 spiro atoms. The number of amides is 1. The van der Waals surface area contributed by atoms with Crippen LogP contribution >= 0.6 is 11.6 Å². The zero-order valence-corrected chi connectivity index (χ0v) is 14.1. The first-order valence-electron chi connectivity index (χ1n) is 7.23. The molecule has 5 nitrogen and oxygen atoms in total. The number of alkyl carbamates (subject to hydrolysis) is 1. The van der Waals surface area contributed by atoms with Crippen molar-refractivity contribution in [3.05, 3.63) is 47.1 Å². The number of ether oxygens (including phenoxy) is 1. The van der Waals surface area contributed by atoms with Crippen molar-refractivity contribution in [3.8, 4) is 11.3 Å². The second kappa shape index (κ2) is 6.87. The van der Waals surface area contributed by atoms with Gasteiger partial charge in [-0.2, -0.15) is 0 Å². The predicted octanol–water partition coefficient (Wildman–Crippen LogP) is 4.01. The third kappa shape index (κ3) is 5.14. The van der Waals surface area contributed by atoms with Crippen LogP contribution in [0.4, 0.5) is 10.5 Å². The minimum atomic E-state index is -0.528. The molecule has 0 atom stereocenters. The monoisotopic (exact) mass is 333 g/mol. The van der Waals surface area contributed by atoms with E-state index in [1.165, 1.54) is 0 Å². The van der Waals surface area contributed by atoms with Crippen molar-refractivity contribution in [2.45, 2.75) is 32.9 Å². The van der Waals surface area contributed by atoms with Crippen molar-refractivity contribution in [3.63, 3.8) is 0 Å². The van der Waals surface area contributed by atoms with Crippen LogP contribution in [0.5, 0.6) is 0 Å². The maximum absolute atomic E-state index is 11.7. The number of carbonyl (C=O) groups excluding carboxylic acids is 1. The highest BCUT2D eigenvalue weighted by atomic mass is 35.5. The van der Waals surface area contributed by atoms with Crippen molar-refractivity contribution in [2.75, 3.05) is 5.73 Å². The van der Waals surface area contributed by atoms with Gasteiger partial charge in [-0.05, 0) is 45.0 Å². The number of aromatic nitrogens is 1. The van der Waals surface area contributed by atoms with E-state index >= 15 is 0 Å². The van der Waals surface area contributed by atoms with Crippen molar-refractivity contribution >= 4 is 23.4 Å². The molecule has 23 heavy (non-hydrogen) atoms. The number of rotatable bonds is 3. The number of nitrogen functional groups attached to an aromatic ring is 1. The molecule has 0 saturated heterocycles. The van der Waals surface area contributed by atoms with Crippen LogP contribution in [0.3, 0.4) is 0 Å². The summed E-state index contributed by atoms with van der Waals surface area (Å²) in [5.41, 5.74) is 8.15. The third-order valence-electron chi connectivity index (χ3n) is 2.91. The average molecular weight is 334 g/mol. The summed E-state index contributed by atoms with van der Waals surface area (Å²) in [4.78, 5) is 16.2. The molecule has 0 bridgehead atoms. The summed E-state index contributed by atoms with van der Waals surface area (Å²) < 4.78 is 5.19. The lowest BCUT2D eigenvalue weighted by Crippen LogP contribution is -2.32. The van der Waals surface area contributed by atoms with E-state index in [0.29, 0.717) is 10.7 Å². The van der Waals surface area contributed by atoms with E-state index in [2.05, 4.69) is 10.3 Å². The van der Waals surface area contributed by atoms with Gasteiger partial charge in [-0.25, -0.2) is 4.79 Å². The standard InChI is InChI=1S/C17H20ClN3O2/c1-17(2,3)23-16(22)20-10-12-5-4-6-15(21-12)11-7-8-13(18)14(19)9-11/h4-9H,10,19H2,1-3H3,(H,20,22). The lowest BCUT2D eigenvalue weighted by molar-refractivity contribution is 0.0523. The van der Waals surface area contributed by atoms with Crippen LogP contribution in [-0.2, 0) is 11.3 Å². The lowest BCUT2D eigenvalue weighted by Gasteiger charge is -2.19. The molecule has 6 heteroatoms. The first-order valence-corrected chi connectivity index (χ1v) is 7.60. The average Bonchev–Trinajstić information content (AvgIpc) is 2.46. The van der Waals surface area contributed by atoms with Crippen LogP contribution in [0.25, 0.3) is 11.3 Å². The van der Waals surface area contributed by atoms with E-state index in [1.54, 1.807) is 12.1 Å². The molecule has 0 radical (unpaired) electrons. The van der Waals surface area contributed by atoms with Crippen molar-refractivity contribution < 1.29 is 9.53 Å². The maximum atomic E-state index is 11.7. The molecule has 1 amide bonds. The van der Waals surface area contributed by atoms with Crippen LogP contribution < -0.4 is 11.1 Å². The van der Waals surface area contributed by atoms with E-state index in [0.717, 1.165) is 17.0 Å². The lowest BCUT2D eigenvalue weighted by atomic mass is 10.1. The molecule has 1 heterocycles. The minimum absolute atomic E-state index is 0.284. The summed E-state index contributed by atoms with van der Waals surface area (Å²) in [7, 11) is 0. The molecule has 1 aromatic heterocycles. The molecule has 0 saturated carbocycles. The van der Waals surface area contributed by atoms with E-state index in [4.69, 9.17) is 22.1 Å². The van der Waals surface area contributed by atoms with E-state index in [-0.39, 0.29) is 6.54 Å². The Labute approximate surface area is 140 Å². The van der Waals surface area contributed by atoms with Gasteiger partial charge in [-0.3, -0.25) is 4.98 Å². The van der Waals surface area contributed by atoms with Crippen LogP contribution in [0.2, 0.25) is 5.02 Å². The molecule has 0 fully saturated rings. The largest absolute Gasteiger partial charge is 0.444 e. The first-order chi connectivity index (χ1) is 10.7. The Morgan fingerprint density at radius 3 is 2.70 bits per heavy atom. The van der Waals surface area contributed by atoms with Crippen LogP contribution in [0.15, 0.2) is 36.4 Å².